The minimum absolute atomic E-state index is 0.112. The van der Waals surface area contributed by atoms with E-state index in [9.17, 15) is 0 Å². The molecule has 6 heteroatoms. The second-order valence-corrected chi connectivity index (χ2v) is 6.27. The molecule has 116 valence electrons. The number of anilines is 1. The third-order valence-electron chi connectivity index (χ3n) is 3.99. The third-order valence-corrected chi connectivity index (χ3v) is 4.63. The summed E-state index contributed by atoms with van der Waals surface area (Å²) in [6, 6.07) is 6.23. The maximum Gasteiger partial charge on any atom is 0.170 e. The van der Waals surface area contributed by atoms with Crippen molar-refractivity contribution in [2.45, 2.75) is 25.8 Å². The van der Waals surface area contributed by atoms with Crippen LogP contribution in [0.5, 0.6) is 0 Å². The normalized spacial score (nSPS) is 16.8. The zero-order valence-corrected chi connectivity index (χ0v) is 14.0. The fourth-order valence-electron chi connectivity index (χ4n) is 2.52. The fourth-order valence-corrected chi connectivity index (χ4v) is 3.13. The molecule has 0 aromatic heterocycles. The summed E-state index contributed by atoms with van der Waals surface area (Å²) in [5.74, 6) is 0.874. The van der Waals surface area contributed by atoms with Gasteiger partial charge in [0.25, 0.3) is 0 Å². The van der Waals surface area contributed by atoms with Crippen LogP contribution in [-0.4, -0.2) is 37.3 Å². The summed E-state index contributed by atoms with van der Waals surface area (Å²) in [5.41, 5.74) is 7.44. The highest BCUT2D eigenvalue weighted by molar-refractivity contribution is 9.10. The predicted octanol–water partition coefficient (Wildman–Crippen LogP) is 2.79. The average Bonchev–Trinajstić information content (AvgIpc) is 3.32. The molecule has 5 nitrogen and oxygen atoms in total. The Balaban J connectivity index is 2.26. The van der Waals surface area contributed by atoms with E-state index in [2.05, 4.69) is 32.9 Å². The summed E-state index contributed by atoms with van der Waals surface area (Å²) in [5, 5.41) is 11.8. The summed E-state index contributed by atoms with van der Waals surface area (Å²) < 4.78 is 6.17. The van der Waals surface area contributed by atoms with Gasteiger partial charge in [-0.25, -0.2) is 0 Å². The number of ether oxygens (including phenoxy) is 1. The lowest BCUT2D eigenvalue weighted by atomic mass is 10.1. The molecule has 21 heavy (non-hydrogen) atoms. The molecule has 0 radical (unpaired) electrons. The first-order valence-electron chi connectivity index (χ1n) is 7.11. The molecule has 0 heterocycles. The van der Waals surface area contributed by atoms with Crippen LogP contribution < -0.4 is 10.6 Å². The first-order chi connectivity index (χ1) is 10.1. The van der Waals surface area contributed by atoms with E-state index >= 15 is 0 Å². The summed E-state index contributed by atoms with van der Waals surface area (Å²) in [6.07, 6.45) is 2.59. The fraction of sp³-hybridized carbons (Fsp3) is 0.533. The Hall–Kier alpha value is -1.27. The van der Waals surface area contributed by atoms with Gasteiger partial charge in [-0.05, 0) is 59.8 Å². The molecule has 1 fully saturated rings. The van der Waals surface area contributed by atoms with Crippen molar-refractivity contribution in [3.8, 4) is 0 Å². The molecule has 0 amide bonds. The zero-order valence-electron chi connectivity index (χ0n) is 12.4. The topological polar surface area (TPSA) is 71.1 Å². The van der Waals surface area contributed by atoms with Gasteiger partial charge in [0.05, 0.1) is 12.3 Å². The number of hydrogen-bond donors (Lipinski definition) is 2. The van der Waals surface area contributed by atoms with Gasteiger partial charge >= 0.3 is 0 Å². The van der Waals surface area contributed by atoms with Gasteiger partial charge in [0.1, 0.15) is 0 Å². The molecular weight excluding hydrogens is 334 g/mol. The largest absolute Gasteiger partial charge is 0.409 e. The van der Waals surface area contributed by atoms with Crippen molar-refractivity contribution in [3.63, 3.8) is 0 Å². The number of halogens is 1. The van der Waals surface area contributed by atoms with Gasteiger partial charge < -0.3 is 20.6 Å². The summed E-state index contributed by atoms with van der Waals surface area (Å²) in [6.45, 7) is 3.79. The maximum atomic E-state index is 8.76. The van der Waals surface area contributed by atoms with E-state index in [0.717, 1.165) is 22.6 Å². The van der Waals surface area contributed by atoms with E-state index < -0.39 is 0 Å². The van der Waals surface area contributed by atoms with Gasteiger partial charge in [-0.15, -0.1) is 0 Å². The van der Waals surface area contributed by atoms with Crippen LogP contribution >= 0.6 is 15.9 Å². The first kappa shape index (κ1) is 16.1. The highest BCUT2D eigenvalue weighted by Crippen LogP contribution is 2.38. The Morgan fingerprint density at radius 1 is 1.57 bits per heavy atom. The lowest BCUT2D eigenvalue weighted by molar-refractivity contribution is 0.202. The number of rotatable bonds is 7. The first-order valence-corrected chi connectivity index (χ1v) is 7.90. The van der Waals surface area contributed by atoms with Crippen LogP contribution in [0.3, 0.4) is 0 Å². The number of benzene rings is 1. The lowest BCUT2D eigenvalue weighted by Crippen LogP contribution is -2.37. The number of hydrogen-bond acceptors (Lipinski definition) is 4. The number of oxime groups is 1. The Kier molecular flexibility index (Phi) is 5.47. The molecule has 3 N–H and O–H groups in total. The van der Waals surface area contributed by atoms with E-state index in [1.54, 1.807) is 7.11 Å². The quantitative estimate of drug-likeness (QED) is 0.341. The second kappa shape index (κ2) is 7.13. The molecule has 1 saturated carbocycles. The molecule has 1 aliphatic carbocycles. The van der Waals surface area contributed by atoms with E-state index in [1.165, 1.54) is 12.8 Å². The van der Waals surface area contributed by atoms with Crippen molar-refractivity contribution in [2.75, 3.05) is 25.2 Å². The molecule has 1 unspecified atom stereocenters. The molecule has 1 aliphatic rings. The molecular formula is C15H22BrN3O2. The second-order valence-electron chi connectivity index (χ2n) is 5.42. The Morgan fingerprint density at radius 3 is 2.81 bits per heavy atom. The summed E-state index contributed by atoms with van der Waals surface area (Å²) in [7, 11) is 1.72. The summed E-state index contributed by atoms with van der Waals surface area (Å²) in [4.78, 5) is 2.36. The number of methoxy groups -OCH3 is 1. The highest BCUT2D eigenvalue weighted by Gasteiger charge is 2.32. The van der Waals surface area contributed by atoms with Crippen molar-refractivity contribution in [1.82, 2.24) is 0 Å². The van der Waals surface area contributed by atoms with Gasteiger partial charge in [0.15, 0.2) is 5.84 Å². The Bertz CT molecular complexity index is 518. The molecule has 2 rings (SSSR count). The van der Waals surface area contributed by atoms with Gasteiger partial charge in [0, 0.05) is 29.7 Å². The SMILES string of the molecule is COCCN(c1ccc(/C(N)=N/O)cc1Br)C(C)C1CC1. The zero-order chi connectivity index (χ0) is 15.4. The van der Waals surface area contributed by atoms with Crippen molar-refractivity contribution in [3.05, 3.63) is 28.2 Å². The smallest absolute Gasteiger partial charge is 0.170 e. The van der Waals surface area contributed by atoms with Crippen LogP contribution in [0.25, 0.3) is 0 Å². The van der Waals surface area contributed by atoms with Crippen LogP contribution in [0.15, 0.2) is 27.8 Å². The van der Waals surface area contributed by atoms with E-state index in [4.69, 9.17) is 15.7 Å². The lowest BCUT2D eigenvalue weighted by Gasteiger charge is -2.32. The van der Waals surface area contributed by atoms with Gasteiger partial charge in [-0.1, -0.05) is 5.16 Å². The van der Waals surface area contributed by atoms with Crippen molar-refractivity contribution in [1.29, 1.82) is 0 Å². The van der Waals surface area contributed by atoms with Crippen molar-refractivity contribution < 1.29 is 9.94 Å². The van der Waals surface area contributed by atoms with E-state index in [0.29, 0.717) is 18.2 Å². The molecule has 0 aliphatic heterocycles. The average molecular weight is 356 g/mol. The molecule has 0 bridgehead atoms. The van der Waals surface area contributed by atoms with Gasteiger partial charge in [-0.3, -0.25) is 0 Å². The Morgan fingerprint density at radius 2 is 2.29 bits per heavy atom. The molecule has 1 atom stereocenters. The van der Waals surface area contributed by atoms with Crippen LogP contribution in [0.2, 0.25) is 0 Å². The number of nitrogens with two attached hydrogens (primary N) is 1. The number of nitrogens with zero attached hydrogens (tertiary/aromatic N) is 2. The number of amidine groups is 1. The monoisotopic (exact) mass is 355 g/mol. The van der Waals surface area contributed by atoms with Crippen LogP contribution in [0, 0.1) is 5.92 Å². The van der Waals surface area contributed by atoms with Crippen LogP contribution in [-0.2, 0) is 4.74 Å². The molecule has 0 saturated heterocycles. The maximum absolute atomic E-state index is 8.76. The van der Waals surface area contributed by atoms with Crippen molar-refractivity contribution >= 4 is 27.5 Å². The van der Waals surface area contributed by atoms with E-state index in [1.807, 2.05) is 18.2 Å². The molecule has 1 aromatic rings. The van der Waals surface area contributed by atoms with Crippen molar-refractivity contribution in [2.24, 2.45) is 16.8 Å². The minimum Gasteiger partial charge on any atom is -0.409 e. The van der Waals surface area contributed by atoms with Gasteiger partial charge in [0.2, 0.25) is 0 Å². The molecule has 1 aromatic carbocycles. The van der Waals surface area contributed by atoms with Gasteiger partial charge in [-0.2, -0.15) is 0 Å². The molecule has 0 spiro atoms. The standard InChI is InChI=1S/C15H22BrN3O2/c1-10(11-3-4-11)19(7-8-21-2)14-6-5-12(9-13(14)16)15(17)18-20/h5-6,9-11,20H,3-4,7-8H2,1-2H3,(H2,17,18). The highest BCUT2D eigenvalue weighted by atomic mass is 79.9. The van der Waals surface area contributed by atoms with Crippen LogP contribution in [0.4, 0.5) is 5.69 Å². The Labute approximate surface area is 133 Å². The van der Waals surface area contributed by atoms with E-state index in [-0.39, 0.29) is 5.84 Å². The summed E-state index contributed by atoms with van der Waals surface area (Å²) >= 11 is 3.60. The predicted molar refractivity (Wildman–Crippen MR) is 88.1 cm³/mol. The minimum atomic E-state index is 0.112. The third kappa shape index (κ3) is 3.89. The van der Waals surface area contributed by atoms with Crippen LogP contribution in [0.1, 0.15) is 25.3 Å².